The third-order valence-electron chi connectivity index (χ3n) is 2.24. The Hall–Kier alpha value is -0.120. The maximum atomic E-state index is 5.42. The van der Waals surface area contributed by atoms with Gasteiger partial charge >= 0.3 is 0 Å². The standard InChI is InChI=1S/C10H24N2O/c1-9(2)5-4-6-10(12-11)7-8-13-3/h9-10,12H,4-8,11H2,1-3H3. The molecule has 1 unspecified atom stereocenters. The van der Waals surface area contributed by atoms with Crippen LogP contribution < -0.4 is 11.3 Å². The van der Waals surface area contributed by atoms with Crippen molar-refractivity contribution in [2.75, 3.05) is 13.7 Å². The van der Waals surface area contributed by atoms with E-state index in [9.17, 15) is 0 Å². The van der Waals surface area contributed by atoms with Crippen molar-refractivity contribution in [1.82, 2.24) is 5.43 Å². The number of ether oxygens (including phenoxy) is 1. The second-order valence-electron chi connectivity index (χ2n) is 3.97. The molecule has 1 atom stereocenters. The summed E-state index contributed by atoms with van der Waals surface area (Å²) in [5, 5.41) is 0. The first kappa shape index (κ1) is 12.9. The molecule has 0 heterocycles. The summed E-state index contributed by atoms with van der Waals surface area (Å²) < 4.78 is 5.01. The van der Waals surface area contributed by atoms with Crippen molar-refractivity contribution >= 4 is 0 Å². The van der Waals surface area contributed by atoms with Crippen LogP contribution in [0.1, 0.15) is 39.5 Å². The Labute approximate surface area is 82.0 Å². The molecular formula is C10H24N2O. The van der Waals surface area contributed by atoms with Crippen LogP contribution in [0.2, 0.25) is 0 Å². The van der Waals surface area contributed by atoms with Crippen LogP contribution in [0.25, 0.3) is 0 Å². The fourth-order valence-corrected chi connectivity index (χ4v) is 1.34. The first-order valence-corrected chi connectivity index (χ1v) is 5.15. The summed E-state index contributed by atoms with van der Waals surface area (Å²) in [5.74, 6) is 6.22. The van der Waals surface area contributed by atoms with Crippen LogP contribution in [0.5, 0.6) is 0 Å². The molecule has 80 valence electrons. The molecule has 0 aliphatic heterocycles. The van der Waals surface area contributed by atoms with Gasteiger partial charge in [-0.05, 0) is 18.8 Å². The van der Waals surface area contributed by atoms with Crippen LogP contribution in [0.4, 0.5) is 0 Å². The van der Waals surface area contributed by atoms with Gasteiger partial charge in [-0.3, -0.25) is 11.3 Å². The first-order chi connectivity index (χ1) is 6.20. The van der Waals surface area contributed by atoms with Crippen molar-refractivity contribution in [2.24, 2.45) is 11.8 Å². The second-order valence-corrected chi connectivity index (χ2v) is 3.97. The molecule has 0 saturated heterocycles. The van der Waals surface area contributed by atoms with Gasteiger partial charge in [-0.25, -0.2) is 0 Å². The first-order valence-electron chi connectivity index (χ1n) is 5.15. The molecule has 0 saturated carbocycles. The monoisotopic (exact) mass is 188 g/mol. The lowest BCUT2D eigenvalue weighted by atomic mass is 10.0. The predicted molar refractivity (Wildman–Crippen MR) is 56.3 cm³/mol. The van der Waals surface area contributed by atoms with Crippen molar-refractivity contribution in [3.8, 4) is 0 Å². The summed E-state index contributed by atoms with van der Waals surface area (Å²) in [7, 11) is 1.72. The molecule has 0 aliphatic rings. The lowest BCUT2D eigenvalue weighted by Gasteiger charge is -2.15. The minimum Gasteiger partial charge on any atom is -0.385 e. The molecule has 0 aromatic heterocycles. The van der Waals surface area contributed by atoms with E-state index in [-0.39, 0.29) is 0 Å². The maximum Gasteiger partial charge on any atom is 0.0477 e. The molecule has 0 amide bonds. The third-order valence-corrected chi connectivity index (χ3v) is 2.24. The zero-order chi connectivity index (χ0) is 10.1. The molecule has 3 nitrogen and oxygen atoms in total. The van der Waals surface area contributed by atoms with E-state index in [1.54, 1.807) is 7.11 Å². The Morgan fingerprint density at radius 3 is 2.38 bits per heavy atom. The summed E-state index contributed by atoms with van der Waals surface area (Å²) in [5.41, 5.74) is 2.83. The molecule has 0 spiro atoms. The van der Waals surface area contributed by atoms with Gasteiger partial charge in [0, 0.05) is 19.8 Å². The van der Waals surface area contributed by atoms with E-state index in [1.807, 2.05) is 0 Å². The molecule has 3 N–H and O–H groups in total. The van der Waals surface area contributed by atoms with Gasteiger partial charge in [0.1, 0.15) is 0 Å². The Morgan fingerprint density at radius 2 is 1.92 bits per heavy atom. The van der Waals surface area contributed by atoms with E-state index in [4.69, 9.17) is 10.6 Å². The van der Waals surface area contributed by atoms with Crippen LogP contribution in [-0.2, 0) is 4.74 Å². The zero-order valence-electron chi connectivity index (χ0n) is 9.18. The molecule has 0 aliphatic carbocycles. The molecule has 0 radical (unpaired) electrons. The number of nitrogens with two attached hydrogens (primary N) is 1. The third kappa shape index (κ3) is 8.22. The summed E-state index contributed by atoms with van der Waals surface area (Å²) in [6.45, 7) is 5.29. The number of hydrogen-bond donors (Lipinski definition) is 2. The van der Waals surface area contributed by atoms with E-state index in [0.717, 1.165) is 25.4 Å². The summed E-state index contributed by atoms with van der Waals surface area (Å²) in [6, 6.07) is 0.415. The number of hydrazine groups is 1. The predicted octanol–water partition coefficient (Wildman–Crippen LogP) is 1.68. The molecule has 0 fully saturated rings. The number of hydrogen-bond acceptors (Lipinski definition) is 3. The molecular weight excluding hydrogens is 164 g/mol. The number of rotatable bonds is 8. The van der Waals surface area contributed by atoms with Gasteiger partial charge in [-0.15, -0.1) is 0 Å². The Kier molecular flexibility index (Phi) is 8.40. The van der Waals surface area contributed by atoms with E-state index < -0.39 is 0 Å². The molecule has 0 aromatic carbocycles. The largest absolute Gasteiger partial charge is 0.385 e. The Balaban J connectivity index is 3.36. The van der Waals surface area contributed by atoms with Gasteiger partial charge in [-0.1, -0.05) is 26.7 Å². The Morgan fingerprint density at radius 1 is 1.23 bits per heavy atom. The summed E-state index contributed by atoms with van der Waals surface area (Å²) in [6.07, 6.45) is 4.69. The van der Waals surface area contributed by atoms with E-state index in [0.29, 0.717) is 6.04 Å². The molecule has 0 rings (SSSR count). The van der Waals surface area contributed by atoms with Gasteiger partial charge < -0.3 is 4.74 Å². The van der Waals surface area contributed by atoms with Gasteiger partial charge in [0.2, 0.25) is 0 Å². The fraction of sp³-hybridized carbons (Fsp3) is 1.00. The van der Waals surface area contributed by atoms with Crippen molar-refractivity contribution in [1.29, 1.82) is 0 Å². The van der Waals surface area contributed by atoms with Gasteiger partial charge in [0.05, 0.1) is 0 Å². The van der Waals surface area contributed by atoms with Gasteiger partial charge in [0.15, 0.2) is 0 Å². The molecule has 3 heteroatoms. The highest BCUT2D eigenvalue weighted by Gasteiger charge is 2.05. The van der Waals surface area contributed by atoms with E-state index >= 15 is 0 Å². The lowest BCUT2D eigenvalue weighted by molar-refractivity contribution is 0.180. The number of nitrogens with one attached hydrogen (secondary N) is 1. The topological polar surface area (TPSA) is 47.3 Å². The minimum absolute atomic E-state index is 0.415. The van der Waals surface area contributed by atoms with Crippen molar-refractivity contribution in [3.63, 3.8) is 0 Å². The van der Waals surface area contributed by atoms with E-state index in [2.05, 4.69) is 19.3 Å². The highest BCUT2D eigenvalue weighted by atomic mass is 16.5. The van der Waals surface area contributed by atoms with E-state index in [1.165, 1.54) is 12.8 Å². The molecule has 13 heavy (non-hydrogen) atoms. The smallest absolute Gasteiger partial charge is 0.0477 e. The van der Waals surface area contributed by atoms with Crippen LogP contribution in [0, 0.1) is 5.92 Å². The highest BCUT2D eigenvalue weighted by Crippen LogP contribution is 2.09. The van der Waals surface area contributed by atoms with Gasteiger partial charge in [0.25, 0.3) is 0 Å². The van der Waals surface area contributed by atoms with Crippen molar-refractivity contribution < 1.29 is 4.74 Å². The second kappa shape index (κ2) is 8.48. The average molecular weight is 188 g/mol. The molecule has 0 aromatic rings. The van der Waals surface area contributed by atoms with Crippen LogP contribution in [0.3, 0.4) is 0 Å². The fourth-order valence-electron chi connectivity index (χ4n) is 1.34. The normalized spacial score (nSPS) is 13.6. The molecule has 0 bridgehead atoms. The zero-order valence-corrected chi connectivity index (χ0v) is 9.18. The van der Waals surface area contributed by atoms with Crippen LogP contribution in [-0.4, -0.2) is 19.8 Å². The van der Waals surface area contributed by atoms with Gasteiger partial charge in [-0.2, -0.15) is 0 Å². The van der Waals surface area contributed by atoms with Crippen LogP contribution >= 0.6 is 0 Å². The van der Waals surface area contributed by atoms with Crippen LogP contribution in [0.15, 0.2) is 0 Å². The lowest BCUT2D eigenvalue weighted by Crippen LogP contribution is -2.35. The highest BCUT2D eigenvalue weighted by molar-refractivity contribution is 4.63. The summed E-state index contributed by atoms with van der Waals surface area (Å²) in [4.78, 5) is 0. The summed E-state index contributed by atoms with van der Waals surface area (Å²) >= 11 is 0. The SMILES string of the molecule is COCCC(CCCC(C)C)NN. The maximum absolute atomic E-state index is 5.42. The average Bonchev–Trinajstić information content (AvgIpc) is 2.10. The Bertz CT molecular complexity index is 107. The van der Waals surface area contributed by atoms with Crippen molar-refractivity contribution in [3.05, 3.63) is 0 Å². The minimum atomic E-state index is 0.415. The quantitative estimate of drug-likeness (QED) is 0.450. The number of methoxy groups -OCH3 is 1. The van der Waals surface area contributed by atoms with Crippen molar-refractivity contribution in [2.45, 2.75) is 45.6 Å².